The summed E-state index contributed by atoms with van der Waals surface area (Å²) in [5.74, 6) is -0.432. The zero-order chi connectivity index (χ0) is 23.6. The molecule has 6 nitrogen and oxygen atoms in total. The Morgan fingerprint density at radius 2 is 1.55 bits per heavy atom. The molecule has 1 heterocycles. The zero-order valence-corrected chi connectivity index (χ0v) is 18.8. The lowest BCUT2D eigenvalue weighted by atomic mass is 10.0. The molecular formula is C25H22FNO5S. The number of rotatable bonds is 8. The SMILES string of the molecule is CCS(=O)(=O)N1CCc2cc(C(=O)COc3ccc(C(=O)c4ccc(F)cc4)cc3)ccc21. The van der Waals surface area contributed by atoms with Crippen molar-refractivity contribution in [1.82, 2.24) is 0 Å². The summed E-state index contributed by atoms with van der Waals surface area (Å²) in [5, 5.41) is 0. The number of hydrogen-bond donors (Lipinski definition) is 0. The van der Waals surface area contributed by atoms with Crippen LogP contribution in [0.25, 0.3) is 0 Å². The molecule has 0 saturated heterocycles. The molecular weight excluding hydrogens is 445 g/mol. The van der Waals surface area contributed by atoms with Crippen LogP contribution in [-0.4, -0.2) is 38.9 Å². The van der Waals surface area contributed by atoms with Crippen molar-refractivity contribution in [2.75, 3.05) is 23.2 Å². The standard InChI is InChI=1S/C25H22FNO5S/c1-2-33(30,31)27-14-13-19-15-20(7-12-23(19)27)24(28)16-32-22-10-5-18(6-11-22)25(29)17-3-8-21(26)9-4-17/h3-12,15H,2,13-14,16H2,1H3. The Balaban J connectivity index is 1.39. The Morgan fingerprint density at radius 1 is 0.939 bits per heavy atom. The van der Waals surface area contributed by atoms with Gasteiger partial charge in [-0.1, -0.05) is 0 Å². The number of sulfonamides is 1. The number of hydrogen-bond acceptors (Lipinski definition) is 5. The third-order valence-corrected chi connectivity index (χ3v) is 7.33. The van der Waals surface area contributed by atoms with E-state index in [0.717, 1.165) is 5.56 Å². The minimum Gasteiger partial charge on any atom is -0.485 e. The number of Topliss-reactive ketones (excluding diaryl/α,β-unsaturated/α-hetero) is 1. The van der Waals surface area contributed by atoms with Gasteiger partial charge >= 0.3 is 0 Å². The number of halogens is 1. The van der Waals surface area contributed by atoms with E-state index in [9.17, 15) is 22.4 Å². The highest BCUT2D eigenvalue weighted by atomic mass is 32.2. The van der Waals surface area contributed by atoms with Gasteiger partial charge in [0.05, 0.1) is 11.4 Å². The van der Waals surface area contributed by atoms with Gasteiger partial charge in [0.1, 0.15) is 11.6 Å². The van der Waals surface area contributed by atoms with Crippen LogP contribution in [0.5, 0.6) is 5.75 Å². The van der Waals surface area contributed by atoms with Crippen molar-refractivity contribution >= 4 is 27.3 Å². The van der Waals surface area contributed by atoms with Crippen LogP contribution in [0.4, 0.5) is 10.1 Å². The molecule has 0 fully saturated rings. The molecule has 0 atom stereocenters. The average molecular weight is 468 g/mol. The number of fused-ring (bicyclic) bond motifs is 1. The van der Waals surface area contributed by atoms with Gasteiger partial charge in [0.25, 0.3) is 0 Å². The maximum Gasteiger partial charge on any atom is 0.234 e. The number of carbonyl (C=O) groups excluding carboxylic acids is 2. The molecule has 0 aliphatic carbocycles. The highest BCUT2D eigenvalue weighted by molar-refractivity contribution is 7.92. The van der Waals surface area contributed by atoms with Crippen molar-refractivity contribution in [3.63, 3.8) is 0 Å². The Hall–Kier alpha value is -3.52. The maximum absolute atomic E-state index is 13.0. The Bertz CT molecular complexity index is 1300. The van der Waals surface area contributed by atoms with Gasteiger partial charge in [0, 0.05) is 23.2 Å². The van der Waals surface area contributed by atoms with Gasteiger partial charge in [-0.3, -0.25) is 13.9 Å². The second-order valence-corrected chi connectivity index (χ2v) is 9.82. The summed E-state index contributed by atoms with van der Waals surface area (Å²) in [5.41, 5.74) is 2.69. The summed E-state index contributed by atoms with van der Waals surface area (Å²) in [4.78, 5) is 25.1. The lowest BCUT2D eigenvalue weighted by molar-refractivity contribution is 0.0920. The van der Waals surface area contributed by atoms with E-state index < -0.39 is 15.8 Å². The van der Waals surface area contributed by atoms with Gasteiger partial charge in [0.2, 0.25) is 10.0 Å². The highest BCUT2D eigenvalue weighted by Gasteiger charge is 2.28. The summed E-state index contributed by atoms with van der Waals surface area (Å²) in [6.45, 7) is 1.79. The number of ether oxygens (including phenoxy) is 1. The van der Waals surface area contributed by atoms with E-state index in [1.807, 2.05) is 0 Å². The average Bonchev–Trinajstić information content (AvgIpc) is 3.27. The van der Waals surface area contributed by atoms with Crippen molar-refractivity contribution < 1.29 is 27.1 Å². The van der Waals surface area contributed by atoms with Crippen molar-refractivity contribution in [3.05, 3.63) is 94.8 Å². The van der Waals surface area contributed by atoms with E-state index >= 15 is 0 Å². The van der Waals surface area contributed by atoms with Gasteiger partial charge in [0.15, 0.2) is 18.2 Å². The van der Waals surface area contributed by atoms with Crippen molar-refractivity contribution in [2.24, 2.45) is 0 Å². The number of ketones is 2. The molecule has 0 saturated carbocycles. The van der Waals surface area contributed by atoms with Crippen LogP contribution in [-0.2, 0) is 16.4 Å². The zero-order valence-electron chi connectivity index (χ0n) is 18.0. The van der Waals surface area contributed by atoms with E-state index in [1.165, 1.54) is 28.6 Å². The molecule has 8 heteroatoms. The molecule has 170 valence electrons. The van der Waals surface area contributed by atoms with Gasteiger partial charge < -0.3 is 4.74 Å². The molecule has 0 N–H and O–H groups in total. The topological polar surface area (TPSA) is 80.8 Å². The van der Waals surface area contributed by atoms with Crippen LogP contribution < -0.4 is 9.04 Å². The second kappa shape index (κ2) is 9.15. The first-order chi connectivity index (χ1) is 15.8. The number of benzene rings is 3. The lowest BCUT2D eigenvalue weighted by Gasteiger charge is -2.18. The lowest BCUT2D eigenvalue weighted by Crippen LogP contribution is -2.30. The van der Waals surface area contributed by atoms with E-state index in [2.05, 4.69) is 0 Å². The molecule has 0 bridgehead atoms. The predicted molar refractivity (Wildman–Crippen MR) is 123 cm³/mol. The third kappa shape index (κ3) is 4.80. The summed E-state index contributed by atoms with van der Waals surface area (Å²) >= 11 is 0. The fourth-order valence-electron chi connectivity index (χ4n) is 3.69. The molecule has 0 radical (unpaired) electrons. The normalized spacial score (nSPS) is 13.0. The quantitative estimate of drug-likeness (QED) is 0.467. The van der Waals surface area contributed by atoms with Crippen LogP contribution >= 0.6 is 0 Å². The van der Waals surface area contributed by atoms with Crippen LogP contribution in [0.2, 0.25) is 0 Å². The summed E-state index contributed by atoms with van der Waals surface area (Å²) in [6.07, 6.45) is 0.556. The summed E-state index contributed by atoms with van der Waals surface area (Å²) < 4.78 is 44.4. The molecule has 0 spiro atoms. The number of anilines is 1. The van der Waals surface area contributed by atoms with Gasteiger partial charge in [-0.2, -0.15) is 0 Å². The van der Waals surface area contributed by atoms with E-state index in [-0.39, 0.29) is 23.9 Å². The van der Waals surface area contributed by atoms with E-state index in [0.29, 0.717) is 41.1 Å². The predicted octanol–water partition coefficient (Wildman–Crippen LogP) is 4.03. The molecule has 0 amide bonds. The molecule has 33 heavy (non-hydrogen) atoms. The van der Waals surface area contributed by atoms with Crippen LogP contribution in [0.1, 0.15) is 38.8 Å². The smallest absolute Gasteiger partial charge is 0.234 e. The highest BCUT2D eigenvalue weighted by Crippen LogP contribution is 2.31. The minimum atomic E-state index is -3.34. The molecule has 4 rings (SSSR count). The van der Waals surface area contributed by atoms with Crippen LogP contribution in [0, 0.1) is 5.82 Å². The third-order valence-electron chi connectivity index (χ3n) is 5.55. The fraction of sp³-hybridized carbons (Fsp3) is 0.200. The van der Waals surface area contributed by atoms with E-state index in [4.69, 9.17) is 4.74 Å². The van der Waals surface area contributed by atoms with Crippen molar-refractivity contribution in [2.45, 2.75) is 13.3 Å². The Kier molecular flexibility index (Phi) is 6.29. The summed E-state index contributed by atoms with van der Waals surface area (Å²) in [6, 6.07) is 16.7. The second-order valence-electron chi connectivity index (χ2n) is 7.64. The van der Waals surface area contributed by atoms with Gasteiger partial charge in [-0.25, -0.2) is 12.8 Å². The number of nitrogens with zero attached hydrogens (tertiary/aromatic N) is 1. The fourth-order valence-corrected chi connectivity index (χ4v) is 4.85. The first-order valence-electron chi connectivity index (χ1n) is 10.5. The molecule has 3 aromatic rings. The number of carbonyl (C=O) groups is 2. The first-order valence-corrected chi connectivity index (χ1v) is 12.1. The minimum absolute atomic E-state index is 0.0231. The maximum atomic E-state index is 13.0. The molecule has 1 aliphatic heterocycles. The molecule has 1 aliphatic rings. The monoisotopic (exact) mass is 467 g/mol. The van der Waals surface area contributed by atoms with Crippen LogP contribution in [0.3, 0.4) is 0 Å². The van der Waals surface area contributed by atoms with Crippen LogP contribution in [0.15, 0.2) is 66.7 Å². The van der Waals surface area contributed by atoms with Gasteiger partial charge in [-0.05, 0) is 85.6 Å². The van der Waals surface area contributed by atoms with E-state index in [1.54, 1.807) is 49.4 Å². The largest absolute Gasteiger partial charge is 0.485 e. The van der Waals surface area contributed by atoms with Crippen molar-refractivity contribution in [3.8, 4) is 5.75 Å². The Morgan fingerprint density at radius 3 is 2.18 bits per heavy atom. The summed E-state index contributed by atoms with van der Waals surface area (Å²) in [7, 11) is -3.34. The first kappa shape index (κ1) is 22.7. The van der Waals surface area contributed by atoms with Gasteiger partial charge in [-0.15, -0.1) is 0 Å². The Labute approximate surface area is 191 Å². The molecule has 3 aromatic carbocycles. The molecule has 0 aromatic heterocycles. The van der Waals surface area contributed by atoms with Crippen molar-refractivity contribution in [1.29, 1.82) is 0 Å². The molecule has 0 unspecified atom stereocenters.